The molecule has 1 aromatic heterocycles. The van der Waals surface area contributed by atoms with Crippen molar-refractivity contribution in [1.82, 2.24) is 10.5 Å². The molecule has 1 unspecified atom stereocenters. The van der Waals surface area contributed by atoms with Gasteiger partial charge < -0.3 is 24.6 Å². The van der Waals surface area contributed by atoms with E-state index in [1.54, 1.807) is 32.1 Å². The van der Waals surface area contributed by atoms with Crippen molar-refractivity contribution in [1.29, 1.82) is 0 Å². The second-order valence-corrected chi connectivity index (χ2v) is 8.26. The molecule has 1 aliphatic rings. The molecule has 160 valence electrons. The Bertz CT molecular complexity index is 777. The predicted molar refractivity (Wildman–Crippen MR) is 105 cm³/mol. The minimum absolute atomic E-state index is 0.201. The molecule has 0 saturated carbocycles. The largest absolute Gasteiger partial charge is 0.463 e. The van der Waals surface area contributed by atoms with E-state index in [4.69, 9.17) is 14.0 Å². The van der Waals surface area contributed by atoms with Crippen LogP contribution >= 0.6 is 0 Å². The van der Waals surface area contributed by atoms with Gasteiger partial charge in [0, 0.05) is 24.6 Å². The van der Waals surface area contributed by atoms with E-state index in [0.29, 0.717) is 12.2 Å². The molecular weight excluding hydrogens is 378 g/mol. The fourth-order valence-corrected chi connectivity index (χ4v) is 2.77. The summed E-state index contributed by atoms with van der Waals surface area (Å²) < 4.78 is 15.5. The quantitative estimate of drug-likeness (QED) is 0.403. The Morgan fingerprint density at radius 2 is 1.90 bits per heavy atom. The van der Waals surface area contributed by atoms with Gasteiger partial charge in [-0.2, -0.15) is 0 Å². The summed E-state index contributed by atoms with van der Waals surface area (Å²) in [6, 6.07) is 1.21. The Hall–Kier alpha value is -2.68. The minimum atomic E-state index is -1.38. The zero-order valence-corrected chi connectivity index (χ0v) is 17.6. The number of hydrogen-bond donors (Lipinski definition) is 2. The van der Waals surface area contributed by atoms with E-state index in [0.717, 1.165) is 0 Å². The first-order chi connectivity index (χ1) is 13.5. The standard InChI is InChI=1S/C20H29N3O6/c1-11(2)28-19(26)12-7-8-13(9-12)21-17(24)16(27-6)18(25)22-15-10-14(29-23-15)20(3,4)5/h7-8,10-13,16H,9H2,1-6H3,(H,21,24)(H,22,23,25)/t12-,13+,16?/m1/s1. The van der Waals surface area contributed by atoms with Crippen LogP contribution in [0.5, 0.6) is 0 Å². The van der Waals surface area contributed by atoms with Gasteiger partial charge in [-0.1, -0.05) is 38.1 Å². The normalized spacial score (nSPS) is 19.8. The number of amides is 2. The molecule has 1 aromatic rings. The van der Waals surface area contributed by atoms with Gasteiger partial charge in [-0.25, -0.2) is 0 Å². The highest BCUT2D eigenvalue weighted by Gasteiger charge is 2.32. The molecule has 2 rings (SSSR count). The van der Waals surface area contributed by atoms with Crippen LogP contribution in [-0.4, -0.2) is 48.3 Å². The summed E-state index contributed by atoms with van der Waals surface area (Å²) in [6.45, 7) is 9.39. The summed E-state index contributed by atoms with van der Waals surface area (Å²) in [6.07, 6.45) is 2.19. The molecule has 2 N–H and O–H groups in total. The second kappa shape index (κ2) is 9.21. The molecule has 0 aromatic carbocycles. The van der Waals surface area contributed by atoms with Gasteiger partial charge in [-0.05, 0) is 20.3 Å². The molecular formula is C20H29N3O6. The number of esters is 1. The number of carbonyl (C=O) groups excluding carboxylic acids is 3. The van der Waals surface area contributed by atoms with Crippen LogP contribution in [0.2, 0.25) is 0 Å². The topological polar surface area (TPSA) is 120 Å². The van der Waals surface area contributed by atoms with Crippen molar-refractivity contribution >= 4 is 23.6 Å². The van der Waals surface area contributed by atoms with E-state index in [9.17, 15) is 14.4 Å². The fourth-order valence-electron chi connectivity index (χ4n) is 2.77. The van der Waals surface area contributed by atoms with Gasteiger partial charge in [0.05, 0.1) is 12.0 Å². The zero-order chi connectivity index (χ0) is 21.8. The lowest BCUT2D eigenvalue weighted by atomic mass is 9.93. The van der Waals surface area contributed by atoms with Crippen LogP contribution in [0.4, 0.5) is 5.82 Å². The molecule has 9 heteroatoms. The van der Waals surface area contributed by atoms with E-state index in [1.807, 2.05) is 20.8 Å². The smallest absolute Gasteiger partial charge is 0.313 e. The highest BCUT2D eigenvalue weighted by Crippen LogP contribution is 2.24. The van der Waals surface area contributed by atoms with E-state index >= 15 is 0 Å². The lowest BCUT2D eigenvalue weighted by molar-refractivity contribution is -0.151. The maximum Gasteiger partial charge on any atom is 0.313 e. The van der Waals surface area contributed by atoms with Crippen molar-refractivity contribution in [2.24, 2.45) is 5.92 Å². The van der Waals surface area contributed by atoms with Crippen LogP contribution < -0.4 is 10.6 Å². The molecule has 0 bridgehead atoms. The average Bonchev–Trinajstić information content (AvgIpc) is 3.24. The summed E-state index contributed by atoms with van der Waals surface area (Å²) in [5.74, 6) is -1.25. The maximum absolute atomic E-state index is 12.5. The molecule has 0 aliphatic heterocycles. The molecule has 0 fully saturated rings. The van der Waals surface area contributed by atoms with Crippen molar-refractivity contribution in [2.45, 2.75) is 64.7 Å². The molecule has 0 radical (unpaired) electrons. The van der Waals surface area contributed by atoms with Gasteiger partial charge in [0.2, 0.25) is 6.10 Å². The number of hydrogen-bond acceptors (Lipinski definition) is 7. The summed E-state index contributed by atoms with van der Waals surface area (Å²) in [5, 5.41) is 9.02. The lowest BCUT2D eigenvalue weighted by Crippen LogP contribution is -2.47. The average molecular weight is 407 g/mol. The Balaban J connectivity index is 1.92. The van der Waals surface area contributed by atoms with Gasteiger partial charge in [0.25, 0.3) is 11.8 Å². The number of ether oxygens (including phenoxy) is 2. The fraction of sp³-hybridized carbons (Fsp3) is 0.600. The van der Waals surface area contributed by atoms with Crippen molar-refractivity contribution in [3.63, 3.8) is 0 Å². The van der Waals surface area contributed by atoms with Crippen LogP contribution in [-0.2, 0) is 29.3 Å². The molecule has 1 aliphatic carbocycles. The summed E-state index contributed by atoms with van der Waals surface area (Å²) >= 11 is 0. The number of nitrogens with zero attached hydrogens (tertiary/aromatic N) is 1. The van der Waals surface area contributed by atoms with Gasteiger partial charge >= 0.3 is 5.97 Å². The van der Waals surface area contributed by atoms with Crippen molar-refractivity contribution in [2.75, 3.05) is 12.4 Å². The van der Waals surface area contributed by atoms with Crippen LogP contribution in [0.3, 0.4) is 0 Å². The first kappa shape index (κ1) is 22.6. The molecule has 9 nitrogen and oxygen atoms in total. The Morgan fingerprint density at radius 3 is 2.45 bits per heavy atom. The van der Waals surface area contributed by atoms with Gasteiger partial charge in [-0.15, -0.1) is 0 Å². The van der Waals surface area contributed by atoms with Crippen LogP contribution in [0.1, 0.15) is 46.8 Å². The molecule has 1 heterocycles. The summed E-state index contributed by atoms with van der Waals surface area (Å²) in [4.78, 5) is 36.9. The molecule has 0 saturated heterocycles. The van der Waals surface area contributed by atoms with Crippen molar-refractivity contribution in [3.8, 4) is 0 Å². The first-order valence-electron chi connectivity index (χ1n) is 9.51. The number of aromatic nitrogens is 1. The Kier molecular flexibility index (Phi) is 7.18. The van der Waals surface area contributed by atoms with Crippen molar-refractivity contribution in [3.05, 3.63) is 24.0 Å². The third kappa shape index (κ3) is 6.15. The highest BCUT2D eigenvalue weighted by molar-refractivity contribution is 6.09. The number of nitrogens with one attached hydrogen (secondary N) is 2. The van der Waals surface area contributed by atoms with Gasteiger partial charge in [-0.3, -0.25) is 14.4 Å². The van der Waals surface area contributed by atoms with Gasteiger partial charge in [0.15, 0.2) is 5.82 Å². The molecule has 29 heavy (non-hydrogen) atoms. The third-order valence-corrected chi connectivity index (χ3v) is 4.28. The Labute approximate surface area is 170 Å². The first-order valence-corrected chi connectivity index (χ1v) is 9.51. The SMILES string of the molecule is COC(C(=O)Nc1cc(C(C)(C)C)on1)C(=O)N[C@H]1C=C[C@@H](C(=O)OC(C)C)C1. The van der Waals surface area contributed by atoms with Gasteiger partial charge in [0.1, 0.15) is 5.76 Å². The monoisotopic (exact) mass is 407 g/mol. The lowest BCUT2D eigenvalue weighted by Gasteiger charge is -2.18. The number of carbonyl (C=O) groups is 3. The number of anilines is 1. The minimum Gasteiger partial charge on any atom is -0.463 e. The highest BCUT2D eigenvalue weighted by atomic mass is 16.5. The van der Waals surface area contributed by atoms with Crippen molar-refractivity contribution < 1.29 is 28.4 Å². The third-order valence-electron chi connectivity index (χ3n) is 4.28. The van der Waals surface area contributed by atoms with Crippen LogP contribution in [0.25, 0.3) is 0 Å². The number of rotatable bonds is 7. The van der Waals surface area contributed by atoms with E-state index in [2.05, 4.69) is 15.8 Å². The van der Waals surface area contributed by atoms with E-state index in [1.165, 1.54) is 7.11 Å². The summed E-state index contributed by atoms with van der Waals surface area (Å²) in [7, 11) is 1.26. The van der Waals surface area contributed by atoms with Crippen LogP contribution in [0.15, 0.2) is 22.7 Å². The maximum atomic E-state index is 12.5. The molecule has 3 atom stereocenters. The number of methoxy groups -OCH3 is 1. The molecule has 0 spiro atoms. The van der Waals surface area contributed by atoms with E-state index in [-0.39, 0.29) is 23.3 Å². The van der Waals surface area contributed by atoms with E-state index < -0.39 is 29.9 Å². The zero-order valence-electron chi connectivity index (χ0n) is 17.6. The molecule has 2 amide bonds. The second-order valence-electron chi connectivity index (χ2n) is 8.26. The predicted octanol–water partition coefficient (Wildman–Crippen LogP) is 1.94. The Morgan fingerprint density at radius 1 is 1.21 bits per heavy atom. The summed E-state index contributed by atoms with van der Waals surface area (Å²) in [5.41, 5.74) is -0.268. The van der Waals surface area contributed by atoms with Crippen LogP contribution in [0, 0.1) is 5.92 Å².